The molecule has 0 aliphatic heterocycles. The van der Waals surface area contributed by atoms with E-state index in [9.17, 15) is 10.1 Å². The Bertz CT molecular complexity index is 1180. The monoisotopic (exact) mass is 462 g/mol. The van der Waals surface area contributed by atoms with Crippen molar-refractivity contribution >= 4 is 12.0 Å². The van der Waals surface area contributed by atoms with Crippen LogP contribution in [0.5, 0.6) is 23.0 Å². The Morgan fingerprint density at radius 2 is 1.88 bits per heavy atom. The van der Waals surface area contributed by atoms with Crippen molar-refractivity contribution in [2.45, 2.75) is 20.1 Å². The maximum Gasteiger partial charge on any atom is 0.262 e. The molecule has 0 atom stereocenters. The average Bonchev–Trinajstić information content (AvgIpc) is 3.39. The molecular weight excluding hydrogens is 436 g/mol. The van der Waals surface area contributed by atoms with Crippen LogP contribution < -0.4 is 24.3 Å². The summed E-state index contributed by atoms with van der Waals surface area (Å²) in [7, 11) is 3.19. The molecule has 0 radical (unpaired) electrons. The maximum atomic E-state index is 12.4. The Balaban J connectivity index is 1.76. The first-order chi connectivity index (χ1) is 16.6. The van der Waals surface area contributed by atoms with Crippen LogP contribution in [0.4, 0.5) is 0 Å². The summed E-state index contributed by atoms with van der Waals surface area (Å²) in [6.45, 7) is 2.70. The molecule has 0 bridgehead atoms. The lowest BCUT2D eigenvalue weighted by atomic mass is 10.1. The van der Waals surface area contributed by atoms with Crippen molar-refractivity contribution in [2.24, 2.45) is 0 Å². The third-order valence-electron chi connectivity index (χ3n) is 4.82. The van der Waals surface area contributed by atoms with Gasteiger partial charge in [-0.3, -0.25) is 4.79 Å². The van der Waals surface area contributed by atoms with E-state index in [1.165, 1.54) is 12.3 Å². The predicted molar refractivity (Wildman–Crippen MR) is 126 cm³/mol. The highest BCUT2D eigenvalue weighted by molar-refractivity contribution is 6.01. The van der Waals surface area contributed by atoms with Crippen molar-refractivity contribution in [3.8, 4) is 29.1 Å². The topological polar surface area (TPSA) is 103 Å². The first kappa shape index (κ1) is 24.3. The average molecular weight is 463 g/mol. The van der Waals surface area contributed by atoms with Gasteiger partial charge >= 0.3 is 0 Å². The fourth-order valence-electron chi connectivity index (χ4n) is 3.14. The van der Waals surface area contributed by atoms with E-state index in [0.717, 1.165) is 5.56 Å². The number of nitrogens with zero attached hydrogens (tertiary/aromatic N) is 1. The van der Waals surface area contributed by atoms with E-state index in [1.807, 2.05) is 31.2 Å². The Morgan fingerprint density at radius 3 is 2.56 bits per heavy atom. The van der Waals surface area contributed by atoms with Gasteiger partial charge in [-0.05, 0) is 61.0 Å². The SMILES string of the molecule is CCOc1cc(/C=C(\C#N)C(=O)NCc2ccco2)ccc1OCc1cc(OC)ccc1OC. The lowest BCUT2D eigenvalue weighted by Gasteiger charge is -2.15. The molecule has 1 amide bonds. The molecule has 34 heavy (non-hydrogen) atoms. The van der Waals surface area contributed by atoms with Gasteiger partial charge < -0.3 is 28.7 Å². The highest BCUT2D eigenvalue weighted by atomic mass is 16.5. The van der Waals surface area contributed by atoms with Gasteiger partial charge in [0.05, 0.1) is 33.6 Å². The van der Waals surface area contributed by atoms with E-state index in [0.29, 0.717) is 40.9 Å². The van der Waals surface area contributed by atoms with E-state index in [4.69, 9.17) is 23.4 Å². The molecule has 0 aliphatic rings. The van der Waals surface area contributed by atoms with Crippen LogP contribution in [0.2, 0.25) is 0 Å². The molecule has 3 aromatic rings. The highest BCUT2D eigenvalue weighted by Gasteiger charge is 2.13. The van der Waals surface area contributed by atoms with Gasteiger partial charge in [-0.25, -0.2) is 0 Å². The van der Waals surface area contributed by atoms with Crippen LogP contribution in [0.15, 0.2) is 64.8 Å². The van der Waals surface area contributed by atoms with Gasteiger partial charge in [0.1, 0.15) is 35.5 Å². The number of amides is 1. The Hall–Kier alpha value is -4.38. The van der Waals surface area contributed by atoms with E-state index in [-0.39, 0.29) is 18.7 Å². The molecule has 0 spiro atoms. The second-order valence-electron chi connectivity index (χ2n) is 7.04. The second kappa shape index (κ2) is 12.0. The molecule has 1 aromatic heterocycles. The molecule has 2 aromatic carbocycles. The van der Waals surface area contributed by atoms with E-state index in [1.54, 1.807) is 44.6 Å². The standard InChI is InChI=1S/C26H26N2O6/c1-4-32-25-13-18(12-19(15-27)26(29)28-16-22-6-5-11-33-22)7-9-24(25)34-17-20-14-21(30-2)8-10-23(20)31-3/h5-14H,4,16-17H2,1-3H3,(H,28,29)/b19-12+. The van der Waals surface area contributed by atoms with Gasteiger partial charge in [0.15, 0.2) is 11.5 Å². The van der Waals surface area contributed by atoms with Crippen molar-refractivity contribution in [1.82, 2.24) is 5.32 Å². The molecule has 0 fully saturated rings. The number of furan rings is 1. The highest BCUT2D eigenvalue weighted by Crippen LogP contribution is 2.32. The number of nitriles is 1. The van der Waals surface area contributed by atoms with Crippen molar-refractivity contribution in [2.75, 3.05) is 20.8 Å². The zero-order valence-electron chi connectivity index (χ0n) is 19.3. The van der Waals surface area contributed by atoms with E-state index >= 15 is 0 Å². The van der Waals surface area contributed by atoms with E-state index < -0.39 is 5.91 Å². The molecule has 1 heterocycles. The summed E-state index contributed by atoms with van der Waals surface area (Å²) in [4.78, 5) is 12.4. The molecule has 0 aliphatic carbocycles. The number of hydrogen-bond acceptors (Lipinski definition) is 7. The normalized spacial score (nSPS) is 10.8. The summed E-state index contributed by atoms with van der Waals surface area (Å²) in [5.41, 5.74) is 1.40. The number of ether oxygens (including phenoxy) is 4. The van der Waals surface area contributed by atoms with Crippen molar-refractivity contribution in [3.05, 3.63) is 77.3 Å². The minimum absolute atomic E-state index is 0.0382. The maximum absolute atomic E-state index is 12.4. The minimum atomic E-state index is -0.498. The van der Waals surface area contributed by atoms with Crippen molar-refractivity contribution < 1.29 is 28.2 Å². The Morgan fingerprint density at radius 1 is 1.06 bits per heavy atom. The third-order valence-corrected chi connectivity index (χ3v) is 4.82. The summed E-state index contributed by atoms with van der Waals surface area (Å²) < 4.78 is 27.6. The van der Waals surface area contributed by atoms with Crippen LogP contribution in [0.25, 0.3) is 6.08 Å². The first-order valence-corrected chi connectivity index (χ1v) is 10.6. The molecule has 8 nitrogen and oxygen atoms in total. The summed E-state index contributed by atoms with van der Waals surface area (Å²) in [5, 5.41) is 12.1. The molecular formula is C26H26N2O6. The summed E-state index contributed by atoms with van der Waals surface area (Å²) >= 11 is 0. The molecule has 1 N–H and O–H groups in total. The largest absolute Gasteiger partial charge is 0.497 e. The second-order valence-corrected chi connectivity index (χ2v) is 7.04. The fraction of sp³-hybridized carbons (Fsp3) is 0.231. The van der Waals surface area contributed by atoms with Crippen molar-refractivity contribution in [1.29, 1.82) is 5.26 Å². The minimum Gasteiger partial charge on any atom is -0.497 e. The van der Waals surface area contributed by atoms with Gasteiger partial charge in [-0.2, -0.15) is 5.26 Å². The van der Waals surface area contributed by atoms with Crippen LogP contribution in [0.1, 0.15) is 23.8 Å². The molecule has 0 saturated heterocycles. The zero-order chi connectivity index (χ0) is 24.3. The number of carbonyl (C=O) groups is 1. The molecule has 8 heteroatoms. The first-order valence-electron chi connectivity index (χ1n) is 10.6. The van der Waals surface area contributed by atoms with Gasteiger partial charge in [-0.15, -0.1) is 0 Å². The van der Waals surface area contributed by atoms with Crippen LogP contribution in [-0.2, 0) is 17.9 Å². The van der Waals surface area contributed by atoms with Crippen molar-refractivity contribution in [3.63, 3.8) is 0 Å². The van der Waals surface area contributed by atoms with Crippen LogP contribution in [0.3, 0.4) is 0 Å². The number of benzene rings is 2. The molecule has 3 rings (SSSR count). The Labute approximate surface area is 198 Å². The van der Waals surface area contributed by atoms with Gasteiger partial charge in [-0.1, -0.05) is 6.07 Å². The summed E-state index contributed by atoms with van der Waals surface area (Å²) in [6.07, 6.45) is 3.01. The lowest BCUT2D eigenvalue weighted by Crippen LogP contribution is -2.23. The van der Waals surface area contributed by atoms with E-state index in [2.05, 4.69) is 5.32 Å². The summed E-state index contributed by atoms with van der Waals surface area (Å²) in [5.74, 6) is 2.48. The molecule has 176 valence electrons. The summed E-state index contributed by atoms with van der Waals surface area (Å²) in [6, 6.07) is 16.1. The number of nitrogens with one attached hydrogen (secondary N) is 1. The number of hydrogen-bond donors (Lipinski definition) is 1. The van der Waals surface area contributed by atoms with Crippen LogP contribution in [0, 0.1) is 11.3 Å². The fourth-order valence-corrected chi connectivity index (χ4v) is 3.14. The lowest BCUT2D eigenvalue weighted by molar-refractivity contribution is -0.117. The van der Waals surface area contributed by atoms with Gasteiger partial charge in [0, 0.05) is 5.56 Å². The number of rotatable bonds is 11. The smallest absolute Gasteiger partial charge is 0.262 e. The predicted octanol–water partition coefficient (Wildman–Crippen LogP) is 4.50. The number of carbonyl (C=O) groups excluding carboxylic acids is 1. The van der Waals surface area contributed by atoms with Gasteiger partial charge in [0.2, 0.25) is 0 Å². The van der Waals surface area contributed by atoms with Crippen LogP contribution >= 0.6 is 0 Å². The zero-order valence-corrected chi connectivity index (χ0v) is 19.3. The number of methoxy groups -OCH3 is 2. The Kier molecular flexibility index (Phi) is 8.58. The third kappa shape index (κ3) is 6.33. The van der Waals surface area contributed by atoms with Gasteiger partial charge in [0.25, 0.3) is 5.91 Å². The quantitative estimate of drug-likeness (QED) is 0.331. The van der Waals surface area contributed by atoms with Crippen LogP contribution in [-0.4, -0.2) is 26.7 Å². The molecule has 0 saturated carbocycles. The molecule has 0 unspecified atom stereocenters.